The van der Waals surface area contributed by atoms with Crippen molar-refractivity contribution in [3.8, 4) is 0 Å². The van der Waals surface area contributed by atoms with Crippen LogP contribution in [-0.4, -0.2) is 49.7 Å². The second-order valence-corrected chi connectivity index (χ2v) is 11.9. The van der Waals surface area contributed by atoms with E-state index in [1.807, 2.05) is 11.3 Å². The van der Waals surface area contributed by atoms with Crippen LogP contribution in [0.4, 0.5) is 5.69 Å². The number of halogens is 1. The Hall–Kier alpha value is -1.45. The number of carbonyl (C=O) groups excluding carboxylic acids is 1. The van der Waals surface area contributed by atoms with Crippen LogP contribution < -0.4 is 5.32 Å². The first-order valence-corrected chi connectivity index (χ1v) is 13.5. The molecule has 3 heterocycles. The quantitative estimate of drug-likeness (QED) is 0.676. The summed E-state index contributed by atoms with van der Waals surface area (Å²) >= 11 is 8.11. The predicted molar refractivity (Wildman–Crippen MR) is 123 cm³/mol. The summed E-state index contributed by atoms with van der Waals surface area (Å²) in [7, 11) is -3.57. The molecule has 2 aromatic rings. The zero-order valence-corrected chi connectivity index (χ0v) is 19.6. The molecule has 31 heavy (non-hydrogen) atoms. The number of sulfonamides is 1. The molecule has 0 radical (unpaired) electrons. The number of rotatable bonds is 6. The molecule has 1 N–H and O–H groups in total. The van der Waals surface area contributed by atoms with Gasteiger partial charge in [0.2, 0.25) is 15.9 Å². The van der Waals surface area contributed by atoms with Crippen molar-refractivity contribution in [1.82, 2.24) is 9.21 Å². The van der Waals surface area contributed by atoms with E-state index in [-0.39, 0.29) is 17.3 Å². The number of benzene rings is 1. The van der Waals surface area contributed by atoms with Crippen LogP contribution in [0.3, 0.4) is 0 Å². The van der Waals surface area contributed by atoms with Crippen LogP contribution >= 0.6 is 22.9 Å². The molecule has 1 saturated heterocycles. The van der Waals surface area contributed by atoms with E-state index < -0.39 is 10.0 Å². The molecule has 1 aromatic heterocycles. The lowest BCUT2D eigenvalue weighted by molar-refractivity contribution is -0.118. The Kier molecular flexibility index (Phi) is 5.85. The van der Waals surface area contributed by atoms with Gasteiger partial charge in [-0.1, -0.05) is 11.6 Å². The molecule has 1 aliphatic carbocycles. The van der Waals surface area contributed by atoms with E-state index in [1.54, 1.807) is 6.07 Å². The molecule has 0 spiro atoms. The predicted octanol–water partition coefficient (Wildman–Crippen LogP) is 4.13. The minimum Gasteiger partial charge on any atom is -0.324 e. The smallest absolute Gasteiger partial charge is 0.243 e. The van der Waals surface area contributed by atoms with Crippen molar-refractivity contribution in [2.24, 2.45) is 5.92 Å². The Morgan fingerprint density at radius 1 is 1.16 bits per heavy atom. The van der Waals surface area contributed by atoms with Crippen LogP contribution in [0.5, 0.6) is 0 Å². The first-order valence-electron chi connectivity index (χ1n) is 10.8. The van der Waals surface area contributed by atoms with E-state index in [9.17, 15) is 13.2 Å². The molecule has 1 aromatic carbocycles. The van der Waals surface area contributed by atoms with Gasteiger partial charge in [0.15, 0.2) is 0 Å². The fourth-order valence-electron chi connectivity index (χ4n) is 4.75. The van der Waals surface area contributed by atoms with E-state index in [2.05, 4.69) is 21.7 Å². The molecule has 2 fully saturated rings. The number of hydrogen-bond donors (Lipinski definition) is 1. The monoisotopic (exact) mass is 479 g/mol. The van der Waals surface area contributed by atoms with Crippen molar-refractivity contribution in [2.45, 2.75) is 43.0 Å². The molecule has 0 bridgehead atoms. The minimum atomic E-state index is -3.57. The van der Waals surface area contributed by atoms with Crippen molar-refractivity contribution in [2.75, 3.05) is 31.5 Å². The van der Waals surface area contributed by atoms with Crippen LogP contribution in [0.15, 0.2) is 34.5 Å². The standard InChI is InChI=1S/C22H26ClN3O3S2/c23-18-6-5-16(31(28,29)26-9-1-2-10-26)13-19(18)24-21(27)14-25-11-7-20-17(8-12-30-20)22(25)15-3-4-15/h5-6,8,12-13,15,22H,1-4,7,9-11,14H2,(H,24,27)/t22-/m1/s1. The molecule has 1 amide bonds. The third kappa shape index (κ3) is 4.28. The molecule has 9 heteroatoms. The maximum atomic E-state index is 12.9. The SMILES string of the molecule is O=C(CN1CCc2sccc2[C@H]1C1CC1)Nc1cc(S(=O)(=O)N2CCCC2)ccc1Cl. The molecule has 1 atom stereocenters. The minimum absolute atomic E-state index is 0.165. The highest BCUT2D eigenvalue weighted by molar-refractivity contribution is 7.89. The summed E-state index contributed by atoms with van der Waals surface area (Å²) in [5, 5.41) is 5.35. The van der Waals surface area contributed by atoms with Gasteiger partial charge in [-0.15, -0.1) is 11.3 Å². The van der Waals surface area contributed by atoms with Crippen molar-refractivity contribution in [3.63, 3.8) is 0 Å². The Balaban J connectivity index is 1.31. The number of amides is 1. The van der Waals surface area contributed by atoms with Gasteiger partial charge in [0.05, 0.1) is 22.2 Å². The Labute approximate surface area is 192 Å². The highest BCUT2D eigenvalue weighted by atomic mass is 35.5. The van der Waals surface area contributed by atoms with Gasteiger partial charge in [-0.3, -0.25) is 9.69 Å². The van der Waals surface area contributed by atoms with Crippen molar-refractivity contribution in [1.29, 1.82) is 0 Å². The summed E-state index contributed by atoms with van der Waals surface area (Å²) in [6, 6.07) is 7.05. The molecule has 3 aliphatic rings. The second-order valence-electron chi connectivity index (χ2n) is 8.60. The van der Waals surface area contributed by atoms with Crippen LogP contribution in [-0.2, 0) is 21.2 Å². The van der Waals surface area contributed by atoms with Gasteiger partial charge in [-0.05, 0) is 73.2 Å². The van der Waals surface area contributed by atoms with E-state index in [4.69, 9.17) is 11.6 Å². The summed E-state index contributed by atoms with van der Waals surface area (Å²) in [6.45, 7) is 2.21. The normalized spacial score (nSPS) is 22.4. The number of fused-ring (bicyclic) bond motifs is 1. The first-order chi connectivity index (χ1) is 14.9. The number of anilines is 1. The number of hydrogen-bond acceptors (Lipinski definition) is 5. The van der Waals surface area contributed by atoms with E-state index in [0.29, 0.717) is 35.8 Å². The highest BCUT2D eigenvalue weighted by Gasteiger charge is 2.40. The van der Waals surface area contributed by atoms with Crippen LogP contribution in [0.25, 0.3) is 0 Å². The zero-order chi connectivity index (χ0) is 21.6. The third-order valence-corrected chi connectivity index (χ3v) is 9.67. The van der Waals surface area contributed by atoms with Gasteiger partial charge in [0.25, 0.3) is 0 Å². The number of nitrogens with zero attached hydrogens (tertiary/aromatic N) is 2. The van der Waals surface area contributed by atoms with Crippen LogP contribution in [0, 0.1) is 5.92 Å². The van der Waals surface area contributed by atoms with E-state index in [1.165, 1.54) is 39.7 Å². The number of nitrogens with one attached hydrogen (secondary N) is 1. The summed E-state index contributed by atoms with van der Waals surface area (Å²) in [5.74, 6) is 0.459. The number of carbonyl (C=O) groups is 1. The molecule has 6 nitrogen and oxygen atoms in total. The van der Waals surface area contributed by atoms with Gasteiger partial charge in [-0.2, -0.15) is 4.31 Å². The van der Waals surface area contributed by atoms with Gasteiger partial charge in [0.1, 0.15) is 0 Å². The lowest BCUT2D eigenvalue weighted by Crippen LogP contribution is -2.41. The largest absolute Gasteiger partial charge is 0.324 e. The fraction of sp³-hybridized carbons (Fsp3) is 0.500. The lowest BCUT2D eigenvalue weighted by Gasteiger charge is -2.35. The van der Waals surface area contributed by atoms with E-state index in [0.717, 1.165) is 25.8 Å². The third-order valence-electron chi connectivity index (χ3n) is 6.45. The molecular weight excluding hydrogens is 454 g/mol. The lowest BCUT2D eigenvalue weighted by atomic mass is 9.96. The number of thiophene rings is 1. The molecule has 0 unspecified atom stereocenters. The summed E-state index contributed by atoms with van der Waals surface area (Å²) in [6.07, 6.45) is 5.13. The van der Waals surface area contributed by atoms with Gasteiger partial charge in [0, 0.05) is 30.6 Å². The summed E-state index contributed by atoms with van der Waals surface area (Å²) < 4.78 is 27.3. The molecule has 5 rings (SSSR count). The summed E-state index contributed by atoms with van der Waals surface area (Å²) in [4.78, 5) is 16.8. The molecular formula is C22H26ClN3O3S2. The molecule has 1 saturated carbocycles. The second kappa shape index (κ2) is 8.48. The van der Waals surface area contributed by atoms with Crippen molar-refractivity contribution >= 4 is 44.6 Å². The van der Waals surface area contributed by atoms with Gasteiger partial charge < -0.3 is 5.32 Å². The molecule has 166 valence electrons. The zero-order valence-electron chi connectivity index (χ0n) is 17.2. The Morgan fingerprint density at radius 2 is 1.94 bits per heavy atom. The maximum Gasteiger partial charge on any atom is 0.243 e. The van der Waals surface area contributed by atoms with Gasteiger partial charge in [-0.25, -0.2) is 8.42 Å². The van der Waals surface area contributed by atoms with Crippen molar-refractivity contribution in [3.05, 3.63) is 45.1 Å². The summed E-state index contributed by atoms with van der Waals surface area (Å²) in [5.41, 5.74) is 1.73. The fourth-order valence-corrected chi connectivity index (χ4v) is 7.37. The first kappa shape index (κ1) is 21.4. The maximum absolute atomic E-state index is 12.9. The Bertz CT molecular complexity index is 1090. The van der Waals surface area contributed by atoms with Crippen LogP contribution in [0.1, 0.15) is 42.2 Å². The highest BCUT2D eigenvalue weighted by Crippen LogP contribution is 2.48. The average Bonchev–Trinajstić information content (AvgIpc) is 3.22. The van der Waals surface area contributed by atoms with Crippen LogP contribution in [0.2, 0.25) is 5.02 Å². The van der Waals surface area contributed by atoms with Gasteiger partial charge >= 0.3 is 0 Å². The Morgan fingerprint density at radius 3 is 2.68 bits per heavy atom. The molecule has 2 aliphatic heterocycles. The average molecular weight is 480 g/mol. The topological polar surface area (TPSA) is 69.7 Å². The van der Waals surface area contributed by atoms with E-state index >= 15 is 0 Å². The van der Waals surface area contributed by atoms with Crippen molar-refractivity contribution < 1.29 is 13.2 Å².